The van der Waals surface area contributed by atoms with E-state index in [1.807, 2.05) is 30.3 Å². The molecule has 0 atom stereocenters. The highest BCUT2D eigenvalue weighted by Crippen LogP contribution is 2.28. The van der Waals surface area contributed by atoms with E-state index < -0.39 is 0 Å². The smallest absolute Gasteiger partial charge is 0.164 e. The van der Waals surface area contributed by atoms with E-state index >= 15 is 0 Å². The first-order valence-electron chi connectivity index (χ1n) is 10.7. The molecule has 154 valence electrons. The zero-order chi connectivity index (χ0) is 21.9. The normalized spacial score (nSPS) is 10.8. The van der Waals surface area contributed by atoms with E-state index in [1.54, 1.807) is 0 Å². The Morgan fingerprint density at radius 3 is 1.41 bits per heavy atom. The van der Waals surface area contributed by atoms with Gasteiger partial charge < -0.3 is 0 Å². The lowest BCUT2D eigenvalue weighted by molar-refractivity contribution is 1.07. The van der Waals surface area contributed by atoms with Crippen LogP contribution in [0.2, 0.25) is 0 Å². The van der Waals surface area contributed by atoms with Gasteiger partial charge in [-0.25, -0.2) is 15.0 Å². The Morgan fingerprint density at radius 1 is 0.375 bits per heavy atom. The van der Waals surface area contributed by atoms with Gasteiger partial charge in [0.25, 0.3) is 0 Å². The van der Waals surface area contributed by atoms with Gasteiger partial charge >= 0.3 is 0 Å². The highest BCUT2D eigenvalue weighted by Gasteiger charge is 2.12. The van der Waals surface area contributed by atoms with Crippen molar-refractivity contribution in [3.63, 3.8) is 0 Å². The van der Waals surface area contributed by atoms with Crippen LogP contribution >= 0.6 is 0 Å². The number of hydrogen-bond acceptors (Lipinski definition) is 3. The summed E-state index contributed by atoms with van der Waals surface area (Å²) >= 11 is 0. The predicted octanol–water partition coefficient (Wildman–Crippen LogP) is 7.16. The molecule has 32 heavy (non-hydrogen) atoms. The third kappa shape index (κ3) is 4.19. The lowest BCUT2D eigenvalue weighted by Crippen LogP contribution is -2.00. The first-order valence-corrected chi connectivity index (χ1v) is 10.7. The minimum absolute atomic E-state index is 0.670. The minimum atomic E-state index is 0.670. The van der Waals surface area contributed by atoms with Crippen LogP contribution in [0.25, 0.3) is 45.3 Å². The van der Waals surface area contributed by atoms with Gasteiger partial charge in [0.2, 0.25) is 0 Å². The molecular formula is C29H23N3. The third-order valence-electron chi connectivity index (χ3n) is 5.48. The number of benzene rings is 4. The van der Waals surface area contributed by atoms with Crippen molar-refractivity contribution in [3.05, 3.63) is 114 Å². The van der Waals surface area contributed by atoms with Crippen LogP contribution in [0.1, 0.15) is 11.1 Å². The Morgan fingerprint density at radius 2 is 0.812 bits per heavy atom. The summed E-state index contributed by atoms with van der Waals surface area (Å²) < 4.78 is 0. The van der Waals surface area contributed by atoms with E-state index in [0.29, 0.717) is 17.5 Å². The first-order chi connectivity index (χ1) is 15.7. The van der Waals surface area contributed by atoms with Crippen molar-refractivity contribution >= 4 is 0 Å². The molecule has 0 fully saturated rings. The van der Waals surface area contributed by atoms with E-state index in [1.165, 1.54) is 16.7 Å². The van der Waals surface area contributed by atoms with Crippen LogP contribution in [0.3, 0.4) is 0 Å². The first kappa shape index (κ1) is 19.8. The van der Waals surface area contributed by atoms with Crippen LogP contribution in [-0.4, -0.2) is 15.0 Å². The van der Waals surface area contributed by atoms with Gasteiger partial charge in [-0.2, -0.15) is 0 Å². The molecule has 0 bridgehead atoms. The Kier molecular flexibility index (Phi) is 5.30. The number of hydrogen-bond donors (Lipinski definition) is 0. The monoisotopic (exact) mass is 413 g/mol. The summed E-state index contributed by atoms with van der Waals surface area (Å²) in [6, 6.07) is 35.3. The summed E-state index contributed by atoms with van der Waals surface area (Å²) in [4.78, 5) is 14.5. The van der Waals surface area contributed by atoms with Gasteiger partial charge in [-0.15, -0.1) is 0 Å². The molecule has 0 saturated heterocycles. The molecule has 5 rings (SSSR count). The molecule has 3 nitrogen and oxygen atoms in total. The van der Waals surface area contributed by atoms with Gasteiger partial charge in [0.1, 0.15) is 0 Å². The maximum atomic E-state index is 4.86. The fourth-order valence-corrected chi connectivity index (χ4v) is 3.64. The predicted molar refractivity (Wildman–Crippen MR) is 131 cm³/mol. The van der Waals surface area contributed by atoms with E-state index in [4.69, 9.17) is 15.0 Å². The number of nitrogens with zero attached hydrogens (tertiary/aromatic N) is 3. The molecule has 1 aromatic heterocycles. The van der Waals surface area contributed by atoms with E-state index in [0.717, 1.165) is 22.3 Å². The van der Waals surface area contributed by atoms with E-state index in [9.17, 15) is 0 Å². The van der Waals surface area contributed by atoms with Gasteiger partial charge in [-0.3, -0.25) is 0 Å². The van der Waals surface area contributed by atoms with Crippen LogP contribution in [0, 0.1) is 13.8 Å². The quantitative estimate of drug-likeness (QED) is 0.314. The topological polar surface area (TPSA) is 38.7 Å². The Hall–Kier alpha value is -4.11. The highest BCUT2D eigenvalue weighted by atomic mass is 15.0. The largest absolute Gasteiger partial charge is 0.208 e. The zero-order valence-corrected chi connectivity index (χ0v) is 18.2. The summed E-state index contributed by atoms with van der Waals surface area (Å²) in [5, 5.41) is 0. The van der Waals surface area contributed by atoms with Crippen molar-refractivity contribution in [1.29, 1.82) is 0 Å². The third-order valence-corrected chi connectivity index (χ3v) is 5.48. The van der Waals surface area contributed by atoms with Gasteiger partial charge in [0.15, 0.2) is 17.5 Å². The van der Waals surface area contributed by atoms with Gasteiger partial charge in [-0.05, 0) is 31.0 Å². The molecule has 0 aliphatic carbocycles. The van der Waals surface area contributed by atoms with Gasteiger partial charge in [0.05, 0.1) is 0 Å². The molecule has 0 amide bonds. The van der Waals surface area contributed by atoms with Crippen molar-refractivity contribution in [3.8, 4) is 45.3 Å². The van der Waals surface area contributed by atoms with Crippen LogP contribution in [0.15, 0.2) is 103 Å². The van der Waals surface area contributed by atoms with Crippen molar-refractivity contribution in [1.82, 2.24) is 15.0 Å². The Bertz CT molecular complexity index is 1360. The molecule has 0 aliphatic heterocycles. The van der Waals surface area contributed by atoms with Crippen LogP contribution in [0.4, 0.5) is 0 Å². The Labute approximate surface area is 188 Å². The molecule has 0 saturated carbocycles. The molecule has 0 aliphatic rings. The van der Waals surface area contributed by atoms with E-state index in [2.05, 4.69) is 86.6 Å². The van der Waals surface area contributed by atoms with Crippen LogP contribution in [0.5, 0.6) is 0 Å². The standard InChI is InChI=1S/C29H23N3/c1-20-11-15-22(16-12-20)25-9-6-10-26(19-25)29-31-27(23-7-4-3-5-8-23)30-28(32-29)24-17-13-21(2)14-18-24/h3-19H,1-2H3. The molecule has 3 heteroatoms. The van der Waals surface area contributed by atoms with E-state index in [-0.39, 0.29) is 0 Å². The average Bonchev–Trinajstić information content (AvgIpc) is 2.85. The summed E-state index contributed by atoms with van der Waals surface area (Å²) in [6.45, 7) is 4.18. The SMILES string of the molecule is Cc1ccc(-c2cccc(-c3nc(-c4ccccc4)nc(-c4ccc(C)cc4)n3)c2)cc1. The summed E-state index contributed by atoms with van der Waals surface area (Å²) in [5.74, 6) is 2.02. The molecular weight excluding hydrogens is 390 g/mol. The lowest BCUT2D eigenvalue weighted by Gasteiger charge is -2.10. The maximum absolute atomic E-state index is 4.86. The second kappa shape index (κ2) is 8.56. The molecule has 5 aromatic rings. The minimum Gasteiger partial charge on any atom is -0.208 e. The van der Waals surface area contributed by atoms with Gasteiger partial charge in [-0.1, -0.05) is 108 Å². The molecule has 1 heterocycles. The molecule has 0 N–H and O–H groups in total. The fourth-order valence-electron chi connectivity index (χ4n) is 3.64. The maximum Gasteiger partial charge on any atom is 0.164 e. The summed E-state index contributed by atoms with van der Waals surface area (Å²) in [7, 11) is 0. The zero-order valence-electron chi connectivity index (χ0n) is 18.2. The van der Waals surface area contributed by atoms with Gasteiger partial charge in [0, 0.05) is 16.7 Å². The molecule has 0 spiro atoms. The fraction of sp³-hybridized carbons (Fsp3) is 0.0690. The van der Waals surface area contributed by atoms with Crippen LogP contribution < -0.4 is 0 Å². The molecule has 0 radical (unpaired) electrons. The lowest BCUT2D eigenvalue weighted by atomic mass is 10.0. The van der Waals surface area contributed by atoms with Crippen molar-refractivity contribution < 1.29 is 0 Å². The average molecular weight is 414 g/mol. The number of aryl methyl sites for hydroxylation is 2. The second-order valence-electron chi connectivity index (χ2n) is 7.99. The number of aromatic nitrogens is 3. The molecule has 0 unspecified atom stereocenters. The molecule has 4 aromatic carbocycles. The van der Waals surface area contributed by atoms with Crippen LogP contribution in [-0.2, 0) is 0 Å². The second-order valence-corrected chi connectivity index (χ2v) is 7.99. The summed E-state index contributed by atoms with van der Waals surface area (Å²) in [5.41, 5.74) is 7.69. The Balaban J connectivity index is 1.65. The van der Waals surface area contributed by atoms with Crippen molar-refractivity contribution in [2.75, 3.05) is 0 Å². The van der Waals surface area contributed by atoms with Crippen molar-refractivity contribution in [2.45, 2.75) is 13.8 Å². The highest BCUT2D eigenvalue weighted by molar-refractivity contribution is 5.72. The van der Waals surface area contributed by atoms with Crippen molar-refractivity contribution in [2.24, 2.45) is 0 Å². The number of rotatable bonds is 4. The summed E-state index contributed by atoms with van der Waals surface area (Å²) in [6.07, 6.45) is 0.